The summed E-state index contributed by atoms with van der Waals surface area (Å²) < 4.78 is 5.61. The molecule has 1 fully saturated rings. The number of oxazole rings is 1. The number of piperidine rings is 1. The van der Waals surface area contributed by atoms with Crippen LogP contribution in [0.4, 0.5) is 0 Å². The molecule has 0 aliphatic carbocycles. The minimum atomic E-state index is 0.538. The molecule has 102 valence electrons. The maximum atomic E-state index is 5.61. The summed E-state index contributed by atoms with van der Waals surface area (Å²) in [6.07, 6.45) is 5.32. The van der Waals surface area contributed by atoms with Crippen LogP contribution in [0.15, 0.2) is 10.6 Å². The Hall–Kier alpha value is -0.870. The third-order valence-electron chi connectivity index (χ3n) is 4.00. The van der Waals surface area contributed by atoms with Crippen LogP contribution >= 0.6 is 0 Å². The molecule has 1 aliphatic heterocycles. The number of aromatic nitrogens is 1. The standard InChI is InChI=1S/C14H25N3O/c1-4-13-9-16-14(18-13)10-15-11(2)12-5-7-17(3)8-6-12/h9,11-12,15H,4-8,10H2,1-3H3. The van der Waals surface area contributed by atoms with E-state index in [0.29, 0.717) is 6.04 Å². The average molecular weight is 251 g/mol. The Morgan fingerprint density at radius 2 is 2.22 bits per heavy atom. The smallest absolute Gasteiger partial charge is 0.208 e. The average Bonchev–Trinajstić information content (AvgIpc) is 2.85. The summed E-state index contributed by atoms with van der Waals surface area (Å²) in [4.78, 5) is 6.69. The van der Waals surface area contributed by atoms with Crippen LogP contribution in [0.3, 0.4) is 0 Å². The summed E-state index contributed by atoms with van der Waals surface area (Å²) in [6.45, 7) is 7.54. The van der Waals surface area contributed by atoms with E-state index in [1.165, 1.54) is 25.9 Å². The third-order valence-corrected chi connectivity index (χ3v) is 4.00. The molecule has 2 heterocycles. The largest absolute Gasteiger partial charge is 0.444 e. The van der Waals surface area contributed by atoms with E-state index in [0.717, 1.165) is 30.5 Å². The van der Waals surface area contributed by atoms with Gasteiger partial charge in [-0.1, -0.05) is 6.92 Å². The van der Waals surface area contributed by atoms with Gasteiger partial charge in [0.1, 0.15) is 5.76 Å². The van der Waals surface area contributed by atoms with E-state index in [1.807, 2.05) is 6.20 Å². The highest BCUT2D eigenvalue weighted by molar-refractivity contribution is 4.93. The number of hydrogen-bond donors (Lipinski definition) is 1. The van der Waals surface area contributed by atoms with Crippen molar-refractivity contribution >= 4 is 0 Å². The summed E-state index contributed by atoms with van der Waals surface area (Å²) in [6, 6.07) is 0.538. The highest BCUT2D eigenvalue weighted by Gasteiger charge is 2.22. The molecular formula is C14H25N3O. The maximum absolute atomic E-state index is 5.61. The van der Waals surface area contributed by atoms with Gasteiger partial charge in [0.25, 0.3) is 0 Å². The van der Waals surface area contributed by atoms with Gasteiger partial charge in [0.05, 0.1) is 12.7 Å². The van der Waals surface area contributed by atoms with Crippen LogP contribution < -0.4 is 5.32 Å². The van der Waals surface area contributed by atoms with Gasteiger partial charge in [0.15, 0.2) is 0 Å². The van der Waals surface area contributed by atoms with E-state index in [9.17, 15) is 0 Å². The normalized spacial score (nSPS) is 20.2. The van der Waals surface area contributed by atoms with E-state index in [-0.39, 0.29) is 0 Å². The Morgan fingerprint density at radius 1 is 1.50 bits per heavy atom. The number of rotatable bonds is 5. The SMILES string of the molecule is CCc1cnc(CNC(C)C2CCN(C)CC2)o1. The van der Waals surface area contributed by atoms with Crippen LogP contribution in [-0.2, 0) is 13.0 Å². The molecule has 0 spiro atoms. The van der Waals surface area contributed by atoms with Crippen molar-refractivity contribution in [2.45, 2.75) is 45.7 Å². The topological polar surface area (TPSA) is 41.3 Å². The molecular weight excluding hydrogens is 226 g/mol. The monoisotopic (exact) mass is 251 g/mol. The molecule has 18 heavy (non-hydrogen) atoms. The molecule has 1 aromatic rings. The van der Waals surface area contributed by atoms with Gasteiger partial charge in [-0.3, -0.25) is 0 Å². The first-order valence-electron chi connectivity index (χ1n) is 7.04. The number of likely N-dealkylation sites (tertiary alicyclic amines) is 1. The molecule has 2 rings (SSSR count). The van der Waals surface area contributed by atoms with Crippen molar-refractivity contribution < 1.29 is 4.42 Å². The lowest BCUT2D eigenvalue weighted by atomic mass is 9.90. The zero-order valence-electron chi connectivity index (χ0n) is 11.8. The second kappa shape index (κ2) is 6.34. The highest BCUT2D eigenvalue weighted by atomic mass is 16.4. The molecule has 0 saturated carbocycles. The fourth-order valence-corrected chi connectivity index (χ4v) is 2.54. The molecule has 1 aliphatic rings. The Bertz CT molecular complexity index is 356. The predicted molar refractivity (Wildman–Crippen MR) is 72.4 cm³/mol. The molecule has 1 saturated heterocycles. The van der Waals surface area contributed by atoms with Crippen molar-refractivity contribution in [2.24, 2.45) is 5.92 Å². The minimum absolute atomic E-state index is 0.538. The van der Waals surface area contributed by atoms with Gasteiger partial charge >= 0.3 is 0 Å². The van der Waals surface area contributed by atoms with Gasteiger partial charge in [0.2, 0.25) is 5.89 Å². The van der Waals surface area contributed by atoms with Gasteiger partial charge < -0.3 is 14.6 Å². The van der Waals surface area contributed by atoms with Crippen molar-refractivity contribution in [3.63, 3.8) is 0 Å². The van der Waals surface area contributed by atoms with Gasteiger partial charge in [-0.2, -0.15) is 0 Å². The van der Waals surface area contributed by atoms with Crippen molar-refractivity contribution in [3.8, 4) is 0 Å². The van der Waals surface area contributed by atoms with Crippen molar-refractivity contribution in [2.75, 3.05) is 20.1 Å². The van der Waals surface area contributed by atoms with Crippen molar-refractivity contribution in [1.82, 2.24) is 15.2 Å². The lowest BCUT2D eigenvalue weighted by Crippen LogP contribution is -2.40. The number of hydrogen-bond acceptors (Lipinski definition) is 4. The predicted octanol–water partition coefficient (Wildman–Crippen LogP) is 2.06. The first-order valence-corrected chi connectivity index (χ1v) is 7.04. The van der Waals surface area contributed by atoms with Crippen LogP contribution in [0.1, 0.15) is 38.3 Å². The minimum Gasteiger partial charge on any atom is -0.444 e. The fraction of sp³-hybridized carbons (Fsp3) is 0.786. The Morgan fingerprint density at radius 3 is 2.83 bits per heavy atom. The van der Waals surface area contributed by atoms with E-state index in [2.05, 4.69) is 36.1 Å². The van der Waals surface area contributed by atoms with Gasteiger partial charge in [0, 0.05) is 12.5 Å². The van der Waals surface area contributed by atoms with Gasteiger partial charge in [-0.25, -0.2) is 4.98 Å². The van der Waals surface area contributed by atoms with E-state index in [1.54, 1.807) is 0 Å². The molecule has 0 amide bonds. The summed E-state index contributed by atoms with van der Waals surface area (Å²) in [7, 11) is 2.20. The Kier molecular flexibility index (Phi) is 4.78. The molecule has 4 nitrogen and oxygen atoms in total. The van der Waals surface area contributed by atoms with Crippen LogP contribution in [0, 0.1) is 5.92 Å². The number of nitrogens with zero attached hydrogens (tertiary/aromatic N) is 2. The molecule has 0 bridgehead atoms. The molecule has 0 radical (unpaired) electrons. The summed E-state index contributed by atoms with van der Waals surface area (Å²) in [5, 5.41) is 3.55. The van der Waals surface area contributed by atoms with E-state index in [4.69, 9.17) is 4.42 Å². The number of aryl methyl sites for hydroxylation is 1. The van der Waals surface area contributed by atoms with Crippen LogP contribution in [0.25, 0.3) is 0 Å². The zero-order valence-corrected chi connectivity index (χ0v) is 11.8. The van der Waals surface area contributed by atoms with Crippen LogP contribution in [-0.4, -0.2) is 36.1 Å². The van der Waals surface area contributed by atoms with Gasteiger partial charge in [-0.15, -0.1) is 0 Å². The molecule has 1 aromatic heterocycles. The van der Waals surface area contributed by atoms with Gasteiger partial charge in [-0.05, 0) is 45.8 Å². The quantitative estimate of drug-likeness (QED) is 0.869. The van der Waals surface area contributed by atoms with Crippen molar-refractivity contribution in [1.29, 1.82) is 0 Å². The summed E-state index contributed by atoms with van der Waals surface area (Å²) in [5.41, 5.74) is 0. The van der Waals surface area contributed by atoms with E-state index >= 15 is 0 Å². The van der Waals surface area contributed by atoms with Crippen LogP contribution in [0.2, 0.25) is 0 Å². The second-order valence-electron chi connectivity index (χ2n) is 5.38. The number of nitrogens with one attached hydrogen (secondary N) is 1. The summed E-state index contributed by atoms with van der Waals surface area (Å²) in [5.74, 6) is 2.56. The van der Waals surface area contributed by atoms with Crippen LogP contribution in [0.5, 0.6) is 0 Å². The first-order chi connectivity index (χ1) is 8.69. The Balaban J connectivity index is 1.75. The third kappa shape index (κ3) is 3.56. The molecule has 4 heteroatoms. The highest BCUT2D eigenvalue weighted by Crippen LogP contribution is 2.19. The Labute approximate surface area is 110 Å². The fourth-order valence-electron chi connectivity index (χ4n) is 2.54. The van der Waals surface area contributed by atoms with Crippen molar-refractivity contribution in [3.05, 3.63) is 17.8 Å². The lowest BCUT2D eigenvalue weighted by molar-refractivity contribution is 0.188. The molecule has 1 atom stereocenters. The molecule has 1 unspecified atom stereocenters. The zero-order chi connectivity index (χ0) is 13.0. The van der Waals surface area contributed by atoms with E-state index < -0.39 is 0 Å². The lowest BCUT2D eigenvalue weighted by Gasteiger charge is -2.32. The first kappa shape index (κ1) is 13.6. The summed E-state index contributed by atoms with van der Waals surface area (Å²) >= 11 is 0. The maximum Gasteiger partial charge on any atom is 0.208 e. The molecule has 0 aromatic carbocycles. The molecule has 1 N–H and O–H groups in total. The second-order valence-corrected chi connectivity index (χ2v) is 5.38.